The van der Waals surface area contributed by atoms with Crippen LogP contribution in [0.3, 0.4) is 0 Å². The summed E-state index contributed by atoms with van der Waals surface area (Å²) in [5.41, 5.74) is 5.78. The van der Waals surface area contributed by atoms with E-state index in [0.29, 0.717) is 11.5 Å². The van der Waals surface area contributed by atoms with E-state index in [4.69, 9.17) is 9.47 Å². The lowest BCUT2D eigenvalue weighted by Gasteiger charge is -2.30. The van der Waals surface area contributed by atoms with Crippen LogP contribution in [-0.4, -0.2) is 39.4 Å². The average Bonchev–Trinajstić information content (AvgIpc) is 2.68. The number of hydrazone groups is 1. The van der Waals surface area contributed by atoms with E-state index < -0.39 is 0 Å². The van der Waals surface area contributed by atoms with Gasteiger partial charge >= 0.3 is 0 Å². The summed E-state index contributed by atoms with van der Waals surface area (Å²) in [4.78, 5) is 14.3. The van der Waals surface area contributed by atoms with Crippen molar-refractivity contribution in [3.8, 4) is 11.5 Å². The van der Waals surface area contributed by atoms with Gasteiger partial charge in [-0.2, -0.15) is 5.10 Å². The molecule has 0 aliphatic carbocycles. The smallest absolute Gasteiger partial charge is 0.259 e. The van der Waals surface area contributed by atoms with Gasteiger partial charge in [0.25, 0.3) is 5.91 Å². The zero-order valence-electron chi connectivity index (χ0n) is 15.1. The van der Waals surface area contributed by atoms with E-state index in [1.807, 2.05) is 24.3 Å². The molecule has 0 fully saturated rings. The SMILES string of the molecule is COc1ccc(/C=N/NC(=O)CN2CCCc3ccccc32)c(OC)c1. The van der Waals surface area contributed by atoms with Gasteiger partial charge in [0, 0.05) is 23.9 Å². The highest BCUT2D eigenvalue weighted by Crippen LogP contribution is 2.26. The van der Waals surface area contributed by atoms with Gasteiger partial charge in [0.05, 0.1) is 27.0 Å². The molecule has 136 valence electrons. The van der Waals surface area contributed by atoms with Crippen LogP contribution in [0.4, 0.5) is 5.69 Å². The van der Waals surface area contributed by atoms with Gasteiger partial charge in [-0.15, -0.1) is 0 Å². The predicted molar refractivity (Wildman–Crippen MR) is 102 cm³/mol. The number of fused-ring (bicyclic) bond motifs is 1. The van der Waals surface area contributed by atoms with Crippen molar-refractivity contribution in [3.05, 3.63) is 53.6 Å². The number of nitrogens with zero attached hydrogens (tertiary/aromatic N) is 2. The lowest BCUT2D eigenvalue weighted by Crippen LogP contribution is -2.38. The number of rotatable bonds is 6. The first kappa shape index (κ1) is 17.8. The van der Waals surface area contributed by atoms with Gasteiger partial charge in [-0.1, -0.05) is 18.2 Å². The number of para-hydroxylation sites is 1. The third kappa shape index (κ3) is 4.14. The highest BCUT2D eigenvalue weighted by molar-refractivity contribution is 5.87. The van der Waals surface area contributed by atoms with Crippen LogP contribution in [0.15, 0.2) is 47.6 Å². The Bertz CT molecular complexity index is 805. The number of benzene rings is 2. The molecule has 6 heteroatoms. The van der Waals surface area contributed by atoms with Crippen molar-refractivity contribution in [1.82, 2.24) is 5.43 Å². The first-order chi connectivity index (χ1) is 12.7. The molecule has 2 aromatic carbocycles. The van der Waals surface area contributed by atoms with Crippen LogP contribution >= 0.6 is 0 Å². The van der Waals surface area contributed by atoms with E-state index in [9.17, 15) is 4.79 Å². The average molecular weight is 353 g/mol. The summed E-state index contributed by atoms with van der Waals surface area (Å²) in [6.07, 6.45) is 3.68. The van der Waals surface area contributed by atoms with E-state index in [1.165, 1.54) is 5.56 Å². The zero-order valence-corrected chi connectivity index (χ0v) is 15.1. The normalized spacial score (nSPS) is 13.4. The molecule has 1 heterocycles. The fourth-order valence-electron chi connectivity index (χ4n) is 3.08. The van der Waals surface area contributed by atoms with E-state index in [0.717, 1.165) is 30.6 Å². The van der Waals surface area contributed by atoms with Crippen molar-refractivity contribution in [1.29, 1.82) is 0 Å². The first-order valence-electron chi connectivity index (χ1n) is 8.58. The van der Waals surface area contributed by atoms with Gasteiger partial charge in [-0.3, -0.25) is 4.79 Å². The number of carbonyl (C=O) groups is 1. The van der Waals surface area contributed by atoms with Crippen LogP contribution in [0.25, 0.3) is 0 Å². The van der Waals surface area contributed by atoms with Gasteiger partial charge in [0.2, 0.25) is 0 Å². The summed E-state index contributed by atoms with van der Waals surface area (Å²) in [6, 6.07) is 13.6. The molecule has 0 saturated heterocycles. The molecule has 0 atom stereocenters. The van der Waals surface area contributed by atoms with Crippen LogP contribution in [0, 0.1) is 0 Å². The van der Waals surface area contributed by atoms with E-state index >= 15 is 0 Å². The van der Waals surface area contributed by atoms with Crippen molar-refractivity contribution in [3.63, 3.8) is 0 Å². The fourth-order valence-corrected chi connectivity index (χ4v) is 3.08. The number of amides is 1. The molecule has 3 rings (SSSR count). The van der Waals surface area contributed by atoms with Gasteiger partial charge < -0.3 is 14.4 Å². The number of hydrogen-bond acceptors (Lipinski definition) is 5. The first-order valence-corrected chi connectivity index (χ1v) is 8.58. The molecular formula is C20H23N3O3. The molecule has 1 aliphatic heterocycles. The second-order valence-electron chi connectivity index (χ2n) is 6.05. The highest BCUT2D eigenvalue weighted by atomic mass is 16.5. The third-order valence-electron chi connectivity index (χ3n) is 4.37. The third-order valence-corrected chi connectivity index (χ3v) is 4.37. The maximum Gasteiger partial charge on any atom is 0.259 e. The monoisotopic (exact) mass is 353 g/mol. The minimum Gasteiger partial charge on any atom is -0.497 e. The van der Waals surface area contributed by atoms with Crippen LogP contribution in [-0.2, 0) is 11.2 Å². The molecule has 0 saturated carbocycles. The van der Waals surface area contributed by atoms with Crippen molar-refractivity contribution >= 4 is 17.8 Å². The Morgan fingerprint density at radius 3 is 2.88 bits per heavy atom. The van der Waals surface area contributed by atoms with Crippen LogP contribution in [0.5, 0.6) is 11.5 Å². The molecule has 1 N–H and O–H groups in total. The van der Waals surface area contributed by atoms with Gasteiger partial charge in [0.15, 0.2) is 0 Å². The quantitative estimate of drug-likeness (QED) is 0.640. The molecule has 0 radical (unpaired) electrons. The molecule has 1 aliphatic rings. The molecular weight excluding hydrogens is 330 g/mol. The predicted octanol–water partition coefficient (Wildman–Crippen LogP) is 2.61. The topological polar surface area (TPSA) is 63.2 Å². The number of nitrogens with one attached hydrogen (secondary N) is 1. The van der Waals surface area contributed by atoms with Gasteiger partial charge in [0.1, 0.15) is 11.5 Å². The maximum atomic E-state index is 12.2. The van der Waals surface area contributed by atoms with E-state index in [-0.39, 0.29) is 12.5 Å². The molecule has 6 nitrogen and oxygen atoms in total. The number of ether oxygens (including phenoxy) is 2. The number of aryl methyl sites for hydroxylation is 1. The summed E-state index contributed by atoms with van der Waals surface area (Å²) in [5, 5.41) is 4.06. The second-order valence-corrected chi connectivity index (χ2v) is 6.05. The van der Waals surface area contributed by atoms with E-state index in [2.05, 4.69) is 27.6 Å². The van der Waals surface area contributed by atoms with Crippen molar-refractivity contribution in [2.75, 3.05) is 32.2 Å². The molecule has 0 unspecified atom stereocenters. The number of hydrogen-bond donors (Lipinski definition) is 1. The summed E-state index contributed by atoms with van der Waals surface area (Å²) in [7, 11) is 3.18. The summed E-state index contributed by atoms with van der Waals surface area (Å²) >= 11 is 0. The minimum atomic E-state index is -0.148. The standard InChI is InChI=1S/C20H23N3O3/c1-25-17-10-9-16(19(12-17)26-2)13-21-22-20(24)14-23-11-5-7-15-6-3-4-8-18(15)23/h3-4,6,8-10,12-13H,5,7,11,14H2,1-2H3,(H,22,24)/b21-13+. The van der Waals surface area contributed by atoms with Crippen molar-refractivity contribution < 1.29 is 14.3 Å². The van der Waals surface area contributed by atoms with Crippen molar-refractivity contribution in [2.24, 2.45) is 5.10 Å². The zero-order chi connectivity index (χ0) is 18.4. The number of methoxy groups -OCH3 is 2. The minimum absolute atomic E-state index is 0.148. The van der Waals surface area contributed by atoms with Crippen LogP contribution in [0.2, 0.25) is 0 Å². The number of anilines is 1. The van der Waals surface area contributed by atoms with Gasteiger partial charge in [-0.25, -0.2) is 5.43 Å². The van der Waals surface area contributed by atoms with Crippen molar-refractivity contribution in [2.45, 2.75) is 12.8 Å². The lowest BCUT2D eigenvalue weighted by molar-refractivity contribution is -0.119. The molecule has 26 heavy (non-hydrogen) atoms. The maximum absolute atomic E-state index is 12.2. The Hall–Kier alpha value is -3.02. The molecule has 0 bridgehead atoms. The Morgan fingerprint density at radius 1 is 1.23 bits per heavy atom. The summed E-state index contributed by atoms with van der Waals surface area (Å²) in [5.74, 6) is 1.18. The van der Waals surface area contributed by atoms with Crippen LogP contribution in [0.1, 0.15) is 17.5 Å². The second kappa shape index (κ2) is 8.38. The van der Waals surface area contributed by atoms with E-state index in [1.54, 1.807) is 26.5 Å². The lowest BCUT2D eigenvalue weighted by atomic mass is 10.0. The Labute approximate surface area is 153 Å². The van der Waals surface area contributed by atoms with Crippen LogP contribution < -0.4 is 19.8 Å². The van der Waals surface area contributed by atoms with Gasteiger partial charge in [-0.05, 0) is 36.6 Å². The summed E-state index contributed by atoms with van der Waals surface area (Å²) < 4.78 is 10.5. The molecule has 2 aromatic rings. The fraction of sp³-hybridized carbons (Fsp3) is 0.300. The number of carbonyl (C=O) groups excluding carboxylic acids is 1. The summed E-state index contributed by atoms with van der Waals surface area (Å²) in [6.45, 7) is 1.16. The highest BCUT2D eigenvalue weighted by Gasteiger charge is 2.18. The largest absolute Gasteiger partial charge is 0.497 e. The molecule has 0 spiro atoms. The Balaban J connectivity index is 1.61. The molecule has 1 amide bonds. The Morgan fingerprint density at radius 2 is 2.08 bits per heavy atom. The Kier molecular flexibility index (Phi) is 5.73. The molecule has 0 aromatic heterocycles.